The average molecular weight is 335 g/mol. The van der Waals surface area contributed by atoms with E-state index in [4.69, 9.17) is 19.7 Å². The first kappa shape index (κ1) is 18.9. The van der Waals surface area contributed by atoms with Crippen LogP contribution in [0.25, 0.3) is 0 Å². The Morgan fingerprint density at radius 1 is 1.26 bits per heavy atom. The van der Waals surface area contributed by atoms with Crippen LogP contribution in [0.1, 0.15) is 30.0 Å². The van der Waals surface area contributed by atoms with E-state index >= 15 is 0 Å². The summed E-state index contributed by atoms with van der Waals surface area (Å²) in [6.07, 6.45) is -1.37. The molecule has 0 saturated carbocycles. The standard InChI is InChI=1S/C12H15NO3.C2HF3O2/c14-12(15)8-11-7-10(1-4-13-11)9-2-5-16-6-3-9;3-2(4,5)1(6)7/h1,4,7,9H,2-3,5-6,8H2,(H,14,15);(H,6,7). The molecule has 0 spiro atoms. The van der Waals surface area contributed by atoms with E-state index in [0.717, 1.165) is 26.1 Å². The molecule has 1 aromatic rings. The van der Waals surface area contributed by atoms with Crippen LogP contribution in [-0.4, -0.2) is 46.5 Å². The number of hydrogen-bond donors (Lipinski definition) is 2. The van der Waals surface area contributed by atoms with Crippen LogP contribution in [0.2, 0.25) is 0 Å². The van der Waals surface area contributed by atoms with Gasteiger partial charge in [0.15, 0.2) is 0 Å². The highest BCUT2D eigenvalue weighted by atomic mass is 19.4. The number of halogens is 3. The molecule has 2 N–H and O–H groups in total. The van der Waals surface area contributed by atoms with Gasteiger partial charge in [0.2, 0.25) is 0 Å². The first-order valence-corrected chi connectivity index (χ1v) is 6.74. The van der Waals surface area contributed by atoms with Crippen LogP contribution >= 0.6 is 0 Å². The summed E-state index contributed by atoms with van der Waals surface area (Å²) in [5.74, 6) is -3.10. The van der Waals surface area contributed by atoms with Gasteiger partial charge < -0.3 is 14.9 Å². The molecule has 23 heavy (non-hydrogen) atoms. The quantitative estimate of drug-likeness (QED) is 0.879. The van der Waals surface area contributed by atoms with Gasteiger partial charge in [-0.05, 0) is 36.5 Å². The lowest BCUT2D eigenvalue weighted by Gasteiger charge is -2.22. The number of nitrogens with zero attached hydrogens (tertiary/aromatic N) is 1. The van der Waals surface area contributed by atoms with Crippen LogP contribution in [0.5, 0.6) is 0 Å². The summed E-state index contributed by atoms with van der Waals surface area (Å²) in [6.45, 7) is 1.59. The van der Waals surface area contributed by atoms with Crippen molar-refractivity contribution >= 4 is 11.9 Å². The van der Waals surface area contributed by atoms with Crippen molar-refractivity contribution in [1.29, 1.82) is 0 Å². The Hall–Kier alpha value is -2.16. The number of carboxylic acids is 2. The highest BCUT2D eigenvalue weighted by Crippen LogP contribution is 2.26. The molecule has 1 aliphatic heterocycles. The van der Waals surface area contributed by atoms with Crippen molar-refractivity contribution in [2.24, 2.45) is 0 Å². The molecule has 0 unspecified atom stereocenters. The largest absolute Gasteiger partial charge is 0.490 e. The van der Waals surface area contributed by atoms with E-state index in [2.05, 4.69) is 4.98 Å². The Balaban J connectivity index is 0.000000322. The van der Waals surface area contributed by atoms with E-state index in [0.29, 0.717) is 11.6 Å². The second-order valence-corrected chi connectivity index (χ2v) is 4.84. The van der Waals surface area contributed by atoms with E-state index < -0.39 is 18.1 Å². The second-order valence-electron chi connectivity index (χ2n) is 4.84. The van der Waals surface area contributed by atoms with Crippen molar-refractivity contribution in [3.8, 4) is 0 Å². The maximum absolute atomic E-state index is 10.6. The lowest BCUT2D eigenvalue weighted by molar-refractivity contribution is -0.192. The Bertz CT molecular complexity index is 541. The topological polar surface area (TPSA) is 96.7 Å². The Morgan fingerprint density at radius 2 is 1.83 bits per heavy atom. The summed E-state index contributed by atoms with van der Waals surface area (Å²) in [6, 6.07) is 3.88. The molecule has 0 amide bonds. The van der Waals surface area contributed by atoms with Gasteiger partial charge in [-0.1, -0.05) is 0 Å². The fourth-order valence-corrected chi connectivity index (χ4v) is 2.03. The summed E-state index contributed by atoms with van der Waals surface area (Å²) in [7, 11) is 0. The molecule has 1 fully saturated rings. The Morgan fingerprint density at radius 3 is 2.30 bits per heavy atom. The Kier molecular flexibility index (Phi) is 6.95. The van der Waals surface area contributed by atoms with Crippen molar-refractivity contribution in [2.75, 3.05) is 13.2 Å². The number of aromatic nitrogens is 1. The first-order valence-electron chi connectivity index (χ1n) is 6.74. The lowest BCUT2D eigenvalue weighted by Crippen LogP contribution is -2.21. The smallest absolute Gasteiger partial charge is 0.481 e. The zero-order valence-electron chi connectivity index (χ0n) is 12.0. The van der Waals surface area contributed by atoms with Gasteiger partial charge in [0.1, 0.15) is 0 Å². The molecule has 128 valence electrons. The van der Waals surface area contributed by atoms with Gasteiger partial charge in [0.25, 0.3) is 0 Å². The predicted octanol–water partition coefficient (Wildman–Crippen LogP) is 2.24. The fraction of sp³-hybridized carbons (Fsp3) is 0.500. The monoisotopic (exact) mass is 335 g/mol. The van der Waals surface area contributed by atoms with E-state index in [1.165, 1.54) is 5.56 Å². The molecule has 6 nitrogen and oxygen atoms in total. The summed E-state index contributed by atoms with van der Waals surface area (Å²) < 4.78 is 37.0. The molecular weight excluding hydrogens is 319 g/mol. The third kappa shape index (κ3) is 7.09. The average Bonchev–Trinajstić information content (AvgIpc) is 2.47. The summed E-state index contributed by atoms with van der Waals surface area (Å²) in [4.78, 5) is 23.6. The number of alkyl halides is 3. The minimum atomic E-state index is -5.08. The van der Waals surface area contributed by atoms with Gasteiger partial charge >= 0.3 is 18.1 Å². The molecule has 0 aromatic carbocycles. The van der Waals surface area contributed by atoms with E-state index in [1.54, 1.807) is 6.20 Å². The molecule has 0 radical (unpaired) electrons. The number of hydrogen-bond acceptors (Lipinski definition) is 4. The predicted molar refractivity (Wildman–Crippen MR) is 72.1 cm³/mol. The lowest BCUT2D eigenvalue weighted by atomic mass is 9.92. The maximum atomic E-state index is 10.6. The number of aliphatic carboxylic acids is 2. The minimum absolute atomic E-state index is 0.00292. The van der Waals surface area contributed by atoms with Gasteiger partial charge in [0.05, 0.1) is 12.1 Å². The number of ether oxygens (including phenoxy) is 1. The third-order valence-electron chi connectivity index (χ3n) is 3.11. The number of carbonyl (C=O) groups is 2. The van der Waals surface area contributed by atoms with Crippen LogP contribution in [0.15, 0.2) is 18.3 Å². The van der Waals surface area contributed by atoms with Crippen molar-refractivity contribution < 1.29 is 37.7 Å². The molecule has 1 aromatic heterocycles. The highest BCUT2D eigenvalue weighted by molar-refractivity contribution is 5.73. The highest BCUT2D eigenvalue weighted by Gasteiger charge is 2.38. The van der Waals surface area contributed by atoms with Gasteiger partial charge in [-0.15, -0.1) is 0 Å². The van der Waals surface area contributed by atoms with Crippen molar-refractivity contribution in [3.63, 3.8) is 0 Å². The van der Waals surface area contributed by atoms with Gasteiger partial charge in [-0.2, -0.15) is 13.2 Å². The summed E-state index contributed by atoms with van der Waals surface area (Å²) in [5.41, 5.74) is 1.83. The molecule has 2 rings (SSSR count). The molecule has 0 aliphatic carbocycles. The zero-order valence-corrected chi connectivity index (χ0v) is 12.0. The van der Waals surface area contributed by atoms with Gasteiger partial charge in [-0.3, -0.25) is 9.78 Å². The molecule has 1 saturated heterocycles. The molecule has 0 bridgehead atoms. The van der Waals surface area contributed by atoms with Crippen molar-refractivity contribution in [3.05, 3.63) is 29.6 Å². The maximum Gasteiger partial charge on any atom is 0.490 e. The van der Waals surface area contributed by atoms with Crippen LogP contribution in [-0.2, 0) is 20.7 Å². The van der Waals surface area contributed by atoms with Crippen molar-refractivity contribution in [2.45, 2.75) is 31.4 Å². The van der Waals surface area contributed by atoms with E-state index in [1.807, 2.05) is 12.1 Å². The minimum Gasteiger partial charge on any atom is -0.481 e. The molecule has 0 atom stereocenters. The van der Waals surface area contributed by atoms with Crippen molar-refractivity contribution in [1.82, 2.24) is 4.98 Å². The van der Waals surface area contributed by atoms with Gasteiger partial charge in [-0.25, -0.2) is 4.79 Å². The first-order chi connectivity index (χ1) is 10.7. The van der Waals surface area contributed by atoms with Crippen LogP contribution in [0.4, 0.5) is 13.2 Å². The van der Waals surface area contributed by atoms with E-state index in [-0.39, 0.29) is 6.42 Å². The molecule has 9 heteroatoms. The molecule has 2 heterocycles. The number of rotatable bonds is 3. The number of pyridine rings is 1. The SMILES string of the molecule is O=C(O)C(F)(F)F.O=C(O)Cc1cc(C2CCOCC2)ccn1. The van der Waals surface area contributed by atoms with E-state index in [9.17, 15) is 18.0 Å². The van der Waals surface area contributed by atoms with Crippen LogP contribution < -0.4 is 0 Å². The summed E-state index contributed by atoms with van der Waals surface area (Å²) in [5, 5.41) is 15.8. The Labute approximate surface area is 129 Å². The third-order valence-corrected chi connectivity index (χ3v) is 3.11. The normalized spacial score (nSPS) is 15.4. The molecular formula is C14H16F3NO5. The van der Waals surface area contributed by atoms with Gasteiger partial charge in [0, 0.05) is 19.4 Å². The zero-order chi connectivity index (χ0) is 17.5. The van der Waals surface area contributed by atoms with Crippen LogP contribution in [0.3, 0.4) is 0 Å². The summed E-state index contributed by atoms with van der Waals surface area (Å²) >= 11 is 0. The van der Waals surface area contributed by atoms with Crippen LogP contribution in [0, 0.1) is 0 Å². The molecule has 1 aliphatic rings. The fourth-order valence-electron chi connectivity index (χ4n) is 2.03. The second kappa shape index (κ2) is 8.47. The number of carboxylic acid groups (broad SMARTS) is 2.